The first-order chi connectivity index (χ1) is 13.2. The van der Waals surface area contributed by atoms with E-state index in [1.807, 2.05) is 19.1 Å². The number of ether oxygens (including phenoxy) is 1. The minimum atomic E-state index is -0.327. The quantitative estimate of drug-likeness (QED) is 0.553. The molecule has 0 saturated heterocycles. The highest BCUT2D eigenvalue weighted by Crippen LogP contribution is 2.33. The van der Waals surface area contributed by atoms with Crippen LogP contribution in [0.3, 0.4) is 0 Å². The molecule has 4 heteroatoms. The molecule has 0 amide bonds. The molecule has 1 aromatic carbocycles. The lowest BCUT2D eigenvalue weighted by molar-refractivity contribution is 0.252. The molecule has 1 aliphatic carbocycles. The van der Waals surface area contributed by atoms with Crippen LogP contribution in [0.5, 0.6) is 5.75 Å². The van der Waals surface area contributed by atoms with Crippen LogP contribution in [0.15, 0.2) is 30.3 Å². The minimum absolute atomic E-state index is 0.327. The van der Waals surface area contributed by atoms with E-state index in [-0.39, 0.29) is 5.82 Å². The molecule has 1 saturated carbocycles. The first-order valence-electron chi connectivity index (χ1n) is 10.4. The van der Waals surface area contributed by atoms with E-state index in [2.05, 4.69) is 17.1 Å². The largest absolute Gasteiger partial charge is 0.494 e. The van der Waals surface area contributed by atoms with E-state index in [0.717, 1.165) is 24.0 Å². The zero-order chi connectivity index (χ0) is 19.1. The monoisotopic (exact) mass is 370 g/mol. The number of benzene rings is 1. The third-order valence-electron chi connectivity index (χ3n) is 5.72. The van der Waals surface area contributed by atoms with Crippen molar-refractivity contribution in [1.29, 1.82) is 0 Å². The molecule has 0 radical (unpaired) electrons. The van der Waals surface area contributed by atoms with Crippen molar-refractivity contribution in [1.82, 2.24) is 10.2 Å². The molecule has 3 rings (SSSR count). The van der Waals surface area contributed by atoms with Crippen LogP contribution in [0.2, 0.25) is 0 Å². The summed E-state index contributed by atoms with van der Waals surface area (Å²) in [5.41, 5.74) is 2.03. The molecule has 0 atom stereocenters. The number of rotatable bonds is 8. The molecule has 2 aromatic rings. The van der Waals surface area contributed by atoms with Crippen LogP contribution in [0.1, 0.15) is 64.5 Å². The van der Waals surface area contributed by atoms with Gasteiger partial charge in [-0.15, -0.1) is 0 Å². The number of hydrogen-bond donors (Lipinski definition) is 0. The van der Waals surface area contributed by atoms with Gasteiger partial charge in [0.15, 0.2) is 0 Å². The van der Waals surface area contributed by atoms with Crippen LogP contribution in [0.4, 0.5) is 4.39 Å². The summed E-state index contributed by atoms with van der Waals surface area (Å²) in [6.45, 7) is 4.69. The van der Waals surface area contributed by atoms with Crippen molar-refractivity contribution >= 4 is 0 Å². The van der Waals surface area contributed by atoms with Gasteiger partial charge < -0.3 is 4.74 Å². The fraction of sp³-hybridized carbons (Fsp3) is 0.565. The Bertz CT molecular complexity index is 709. The molecule has 1 heterocycles. The van der Waals surface area contributed by atoms with Gasteiger partial charge in [0.2, 0.25) is 0 Å². The number of nitrogens with zero attached hydrogens (tertiary/aromatic N) is 2. The Morgan fingerprint density at radius 3 is 2.30 bits per heavy atom. The average Bonchev–Trinajstić information content (AvgIpc) is 2.69. The maximum absolute atomic E-state index is 14.3. The van der Waals surface area contributed by atoms with Gasteiger partial charge in [-0.3, -0.25) is 0 Å². The number of hydrogen-bond acceptors (Lipinski definition) is 3. The Hall–Kier alpha value is -1.97. The van der Waals surface area contributed by atoms with Crippen LogP contribution < -0.4 is 4.74 Å². The summed E-state index contributed by atoms with van der Waals surface area (Å²) in [5.74, 6) is 1.99. The number of halogens is 1. The van der Waals surface area contributed by atoms with Gasteiger partial charge >= 0.3 is 0 Å². The highest BCUT2D eigenvalue weighted by atomic mass is 19.1. The van der Waals surface area contributed by atoms with E-state index in [1.165, 1.54) is 51.0 Å². The fourth-order valence-corrected chi connectivity index (χ4v) is 4.17. The van der Waals surface area contributed by atoms with Crippen molar-refractivity contribution in [2.24, 2.45) is 11.8 Å². The van der Waals surface area contributed by atoms with E-state index >= 15 is 0 Å². The normalized spacial score (nSPS) is 19.8. The Morgan fingerprint density at radius 2 is 1.70 bits per heavy atom. The summed E-state index contributed by atoms with van der Waals surface area (Å²) < 4.78 is 19.6. The topological polar surface area (TPSA) is 35.0 Å². The molecule has 0 aliphatic heterocycles. The van der Waals surface area contributed by atoms with E-state index in [9.17, 15) is 4.39 Å². The van der Waals surface area contributed by atoms with Gasteiger partial charge in [0.05, 0.1) is 18.0 Å². The van der Waals surface area contributed by atoms with Gasteiger partial charge in [0.1, 0.15) is 11.6 Å². The van der Waals surface area contributed by atoms with Crippen molar-refractivity contribution in [3.05, 3.63) is 41.8 Å². The Morgan fingerprint density at radius 1 is 0.963 bits per heavy atom. The standard InChI is InChI=1S/C23H31FN2O/c1-3-5-17-6-8-18(9-7-17)10-11-19-12-15-23(26-25-19)21-14-13-20(27-4-2)16-22(21)24/h12-18H,3-11H2,1-2H3. The zero-order valence-corrected chi connectivity index (χ0v) is 16.6. The molecule has 0 N–H and O–H groups in total. The SMILES string of the molecule is CCCC1CCC(CCc2ccc(-c3ccc(OCC)cc3F)nn2)CC1. The third kappa shape index (κ3) is 5.50. The maximum Gasteiger partial charge on any atom is 0.136 e. The second-order valence-corrected chi connectivity index (χ2v) is 7.70. The third-order valence-corrected chi connectivity index (χ3v) is 5.72. The molecular formula is C23H31FN2O. The Labute approximate surface area is 162 Å². The number of aryl methyl sites for hydroxylation is 1. The predicted octanol–water partition coefficient (Wildman–Crippen LogP) is 6.22. The lowest BCUT2D eigenvalue weighted by Crippen LogP contribution is -2.15. The van der Waals surface area contributed by atoms with Crippen LogP contribution >= 0.6 is 0 Å². The summed E-state index contributed by atoms with van der Waals surface area (Å²) in [7, 11) is 0. The van der Waals surface area contributed by atoms with Gasteiger partial charge in [0.25, 0.3) is 0 Å². The lowest BCUT2D eigenvalue weighted by atomic mass is 9.78. The molecule has 0 spiro atoms. The second kappa shape index (κ2) is 9.82. The first kappa shape index (κ1) is 19.8. The summed E-state index contributed by atoms with van der Waals surface area (Å²) in [6, 6.07) is 8.74. The molecule has 1 fully saturated rings. The summed E-state index contributed by atoms with van der Waals surface area (Å²) in [6.07, 6.45) is 10.3. The molecule has 1 aromatic heterocycles. The van der Waals surface area contributed by atoms with Gasteiger partial charge in [-0.1, -0.05) is 45.4 Å². The molecule has 3 nitrogen and oxygen atoms in total. The van der Waals surface area contributed by atoms with E-state index < -0.39 is 0 Å². The highest BCUT2D eigenvalue weighted by molar-refractivity contribution is 5.60. The van der Waals surface area contributed by atoms with E-state index in [0.29, 0.717) is 23.6 Å². The smallest absolute Gasteiger partial charge is 0.136 e. The molecule has 27 heavy (non-hydrogen) atoms. The maximum atomic E-state index is 14.3. The molecule has 0 unspecified atom stereocenters. The molecule has 1 aliphatic rings. The van der Waals surface area contributed by atoms with Crippen molar-refractivity contribution in [3.63, 3.8) is 0 Å². The van der Waals surface area contributed by atoms with Crippen molar-refractivity contribution in [3.8, 4) is 17.0 Å². The van der Waals surface area contributed by atoms with Gasteiger partial charge in [0, 0.05) is 11.6 Å². The van der Waals surface area contributed by atoms with Crippen molar-refractivity contribution < 1.29 is 9.13 Å². The van der Waals surface area contributed by atoms with Gasteiger partial charge in [-0.2, -0.15) is 10.2 Å². The Balaban J connectivity index is 1.53. The Kier molecular flexibility index (Phi) is 7.19. The zero-order valence-electron chi connectivity index (χ0n) is 16.6. The van der Waals surface area contributed by atoms with E-state index in [1.54, 1.807) is 12.1 Å². The van der Waals surface area contributed by atoms with Gasteiger partial charge in [-0.05, 0) is 55.9 Å². The number of aromatic nitrogens is 2. The van der Waals surface area contributed by atoms with Gasteiger partial charge in [-0.25, -0.2) is 4.39 Å². The average molecular weight is 371 g/mol. The second-order valence-electron chi connectivity index (χ2n) is 7.70. The highest BCUT2D eigenvalue weighted by Gasteiger charge is 2.20. The summed E-state index contributed by atoms with van der Waals surface area (Å²) >= 11 is 0. The fourth-order valence-electron chi connectivity index (χ4n) is 4.17. The molecule has 146 valence electrons. The summed E-state index contributed by atoms with van der Waals surface area (Å²) in [4.78, 5) is 0. The molecule has 0 bridgehead atoms. The van der Waals surface area contributed by atoms with Crippen LogP contribution in [0.25, 0.3) is 11.3 Å². The van der Waals surface area contributed by atoms with Crippen LogP contribution in [-0.2, 0) is 6.42 Å². The van der Waals surface area contributed by atoms with E-state index in [4.69, 9.17) is 4.74 Å². The molecular weight excluding hydrogens is 339 g/mol. The van der Waals surface area contributed by atoms with Crippen molar-refractivity contribution in [2.45, 2.75) is 65.2 Å². The first-order valence-corrected chi connectivity index (χ1v) is 10.4. The van der Waals surface area contributed by atoms with Crippen molar-refractivity contribution in [2.75, 3.05) is 6.61 Å². The predicted molar refractivity (Wildman–Crippen MR) is 107 cm³/mol. The minimum Gasteiger partial charge on any atom is -0.494 e. The lowest BCUT2D eigenvalue weighted by Gasteiger charge is -2.28. The van der Waals surface area contributed by atoms with Crippen LogP contribution in [0, 0.1) is 17.7 Å². The van der Waals surface area contributed by atoms with Crippen LogP contribution in [-0.4, -0.2) is 16.8 Å². The summed E-state index contributed by atoms with van der Waals surface area (Å²) in [5, 5.41) is 8.59.